The predicted molar refractivity (Wildman–Crippen MR) is 343 cm³/mol. The molecule has 0 bridgehead atoms. The first-order valence-electron chi connectivity index (χ1n) is 30.9. The number of rotatable bonds is 25. The van der Waals surface area contributed by atoms with Crippen LogP contribution in [0.3, 0.4) is 0 Å². The number of amides is 4. The fourth-order valence-electron chi connectivity index (χ4n) is 12.5. The third-order valence-corrected chi connectivity index (χ3v) is 23.4. The lowest BCUT2D eigenvalue weighted by Crippen LogP contribution is -2.62. The molecular weight excluding hydrogens is 1120 g/mol. The molecular formula is C70H90N4O10S2. The lowest BCUT2D eigenvalue weighted by Gasteiger charge is -2.37. The average Bonchev–Trinajstić information content (AvgIpc) is 1.63. The number of fused-ring (bicyclic) bond motifs is 2. The van der Waals surface area contributed by atoms with E-state index < -0.39 is 113 Å². The van der Waals surface area contributed by atoms with Gasteiger partial charge in [-0.15, -0.1) is 0 Å². The van der Waals surface area contributed by atoms with E-state index in [-0.39, 0.29) is 37.5 Å². The molecule has 0 aliphatic heterocycles. The molecule has 2 fully saturated rings. The van der Waals surface area contributed by atoms with E-state index in [1.807, 2.05) is 146 Å². The molecule has 8 atom stereocenters. The number of nitrogens with one attached hydrogen (secondary N) is 4. The Hall–Kier alpha value is -6.46. The molecule has 4 amide bonds. The Morgan fingerprint density at radius 2 is 0.744 bits per heavy atom. The topological polar surface area (TPSA) is 225 Å². The minimum absolute atomic E-state index is 0.0337. The molecule has 0 radical (unpaired) electrons. The van der Waals surface area contributed by atoms with Gasteiger partial charge in [-0.1, -0.05) is 184 Å². The van der Waals surface area contributed by atoms with E-state index in [4.69, 9.17) is 0 Å². The van der Waals surface area contributed by atoms with Gasteiger partial charge in [-0.3, -0.25) is 19.2 Å². The molecule has 16 heteroatoms. The molecule has 14 nitrogen and oxygen atoms in total. The maximum absolute atomic E-state index is 15.3. The SMILES string of the molecule is CC(C)(C)S(=O)(=O)C[C@@H](Cc1cccc2ccccc12)C(=O)N[C@H](C(=O)N[C@@H](Cc1ccccc1)[C@@H](O)[C@H](O)[C@H](Cc1ccccc1)NC(=O)[C@@H](NC(=O)[C@@H](Cc1cccc2ccccc12)CS(=O)(=O)C(C)(C)C)C1CCCCC1)C1CCCCC1. The van der Waals surface area contributed by atoms with Crippen molar-refractivity contribution < 1.29 is 46.2 Å². The molecule has 2 saturated carbocycles. The van der Waals surface area contributed by atoms with Crippen molar-refractivity contribution in [1.82, 2.24) is 21.3 Å². The van der Waals surface area contributed by atoms with Crippen molar-refractivity contribution in [3.63, 3.8) is 0 Å². The van der Waals surface area contributed by atoms with Crippen molar-refractivity contribution in [3.8, 4) is 0 Å². The summed E-state index contributed by atoms with van der Waals surface area (Å²) in [6.45, 7) is 9.66. The highest BCUT2D eigenvalue weighted by Gasteiger charge is 2.43. The minimum atomic E-state index is -3.86. The molecule has 0 saturated heterocycles. The fraction of sp³-hybridized carbons (Fsp3) is 0.486. The Balaban J connectivity index is 1.10. The van der Waals surface area contributed by atoms with Crippen LogP contribution in [-0.2, 0) is 64.5 Å². The van der Waals surface area contributed by atoms with E-state index in [0.717, 1.165) is 82.3 Å². The lowest BCUT2D eigenvalue weighted by atomic mass is 9.82. The Bertz CT molecular complexity index is 3240. The number of carbonyl (C=O) groups is 4. The maximum Gasteiger partial charge on any atom is 0.243 e. The van der Waals surface area contributed by atoms with Crippen LogP contribution < -0.4 is 21.3 Å². The van der Waals surface area contributed by atoms with Gasteiger partial charge in [0.15, 0.2) is 19.7 Å². The van der Waals surface area contributed by atoms with Crippen LogP contribution in [0.2, 0.25) is 0 Å². The summed E-state index contributed by atoms with van der Waals surface area (Å²) in [6.07, 6.45) is 4.34. The Kier molecular flexibility index (Phi) is 22.1. The molecule has 6 aromatic rings. The number of carbonyl (C=O) groups excluding carboxylic acids is 4. The van der Waals surface area contributed by atoms with Gasteiger partial charge >= 0.3 is 0 Å². The van der Waals surface area contributed by atoms with Gasteiger partial charge in [-0.05, 0) is 149 Å². The number of sulfone groups is 2. The summed E-state index contributed by atoms with van der Waals surface area (Å²) in [4.78, 5) is 60.6. The van der Waals surface area contributed by atoms with Crippen molar-refractivity contribution in [2.45, 2.75) is 177 Å². The van der Waals surface area contributed by atoms with E-state index in [1.54, 1.807) is 41.5 Å². The van der Waals surface area contributed by atoms with Crippen molar-refractivity contribution in [2.24, 2.45) is 23.7 Å². The average molecular weight is 1210 g/mol. The first-order valence-corrected chi connectivity index (χ1v) is 34.2. The van der Waals surface area contributed by atoms with E-state index in [1.165, 1.54) is 0 Å². The van der Waals surface area contributed by atoms with Gasteiger partial charge in [0.1, 0.15) is 24.3 Å². The summed E-state index contributed by atoms with van der Waals surface area (Å²) < 4.78 is 53.8. The number of hydrogen-bond donors (Lipinski definition) is 6. The zero-order valence-electron chi connectivity index (χ0n) is 50.9. The minimum Gasteiger partial charge on any atom is -0.388 e. The van der Waals surface area contributed by atoms with Crippen LogP contribution >= 0.6 is 0 Å². The van der Waals surface area contributed by atoms with Gasteiger partial charge in [0.05, 0.1) is 44.9 Å². The van der Waals surface area contributed by atoms with E-state index in [9.17, 15) is 36.6 Å². The zero-order chi connectivity index (χ0) is 61.8. The summed E-state index contributed by atoms with van der Waals surface area (Å²) >= 11 is 0. The number of aliphatic hydroxyl groups is 2. The van der Waals surface area contributed by atoms with Crippen LogP contribution in [0.25, 0.3) is 21.5 Å². The van der Waals surface area contributed by atoms with Gasteiger partial charge in [0, 0.05) is 0 Å². The smallest absolute Gasteiger partial charge is 0.243 e. The second-order valence-electron chi connectivity index (χ2n) is 26.2. The molecule has 0 aromatic heterocycles. The standard InChI is InChI=1S/C70H90N4O10S2/c1-69(2,3)85(81,82)45-55(43-53-37-23-35-49-29-19-21-39-57(49)53)65(77)73-61(51-31-15-9-16-32-51)67(79)71-59(41-47-25-11-7-12-26-47)63(75)64(76)60(42-48-27-13-8-14-28-48)72-68(80)62(52-33-17-10-18-34-52)74-66(78)56(46-86(83,84)70(4,5)6)44-54-38-24-36-50-30-20-22-40-58(50)54/h7-8,11-14,19-30,35-40,51-52,55-56,59-64,75-76H,9-10,15-18,31-34,41-46H2,1-6H3,(H,71,79)(H,72,80)(H,73,77)(H,74,78)/t55-,56+,59-,60-,61-,62-,63+,64+/m0/s1. The van der Waals surface area contributed by atoms with Crippen LogP contribution in [0, 0.1) is 23.7 Å². The van der Waals surface area contributed by atoms with Gasteiger partial charge in [0.25, 0.3) is 0 Å². The van der Waals surface area contributed by atoms with Crippen molar-refractivity contribution in [1.29, 1.82) is 0 Å². The van der Waals surface area contributed by atoms with Crippen LogP contribution in [0.1, 0.15) is 128 Å². The first kappa shape index (κ1) is 65.5. The number of hydrogen-bond acceptors (Lipinski definition) is 10. The fourth-order valence-corrected chi connectivity index (χ4v) is 15.1. The van der Waals surface area contributed by atoms with Crippen LogP contribution in [0.5, 0.6) is 0 Å². The van der Waals surface area contributed by atoms with Crippen LogP contribution in [0.4, 0.5) is 0 Å². The highest BCUT2D eigenvalue weighted by atomic mass is 32.2. The monoisotopic (exact) mass is 1210 g/mol. The molecule has 86 heavy (non-hydrogen) atoms. The molecule has 2 aliphatic rings. The maximum atomic E-state index is 15.3. The normalized spacial score (nSPS) is 17.7. The van der Waals surface area contributed by atoms with Crippen molar-refractivity contribution in [2.75, 3.05) is 11.5 Å². The zero-order valence-corrected chi connectivity index (χ0v) is 52.6. The first-order chi connectivity index (χ1) is 40.9. The quantitative estimate of drug-likeness (QED) is 0.0318. The highest BCUT2D eigenvalue weighted by Crippen LogP contribution is 2.32. The molecule has 0 unspecified atom stereocenters. The predicted octanol–water partition coefficient (Wildman–Crippen LogP) is 9.74. The van der Waals surface area contributed by atoms with Gasteiger partial charge in [-0.2, -0.15) is 0 Å². The summed E-state index contributed by atoms with van der Waals surface area (Å²) in [5, 5.41) is 41.5. The summed E-state index contributed by atoms with van der Waals surface area (Å²) in [7, 11) is -7.72. The lowest BCUT2D eigenvalue weighted by molar-refractivity contribution is -0.135. The third kappa shape index (κ3) is 17.0. The second kappa shape index (κ2) is 29.0. The van der Waals surface area contributed by atoms with E-state index >= 15 is 9.59 Å². The van der Waals surface area contributed by atoms with E-state index in [0.29, 0.717) is 25.7 Å². The molecule has 2 aliphatic carbocycles. The van der Waals surface area contributed by atoms with Crippen molar-refractivity contribution >= 4 is 64.8 Å². The van der Waals surface area contributed by atoms with Gasteiger partial charge in [0.2, 0.25) is 23.6 Å². The molecule has 6 aromatic carbocycles. The van der Waals surface area contributed by atoms with Crippen LogP contribution in [-0.4, -0.2) is 108 Å². The molecule has 0 heterocycles. The Morgan fingerprint density at radius 3 is 1.09 bits per heavy atom. The second-order valence-corrected chi connectivity index (χ2v) is 31.8. The highest BCUT2D eigenvalue weighted by molar-refractivity contribution is 7.93. The Morgan fingerprint density at radius 1 is 0.419 bits per heavy atom. The van der Waals surface area contributed by atoms with E-state index in [2.05, 4.69) is 21.3 Å². The summed E-state index contributed by atoms with van der Waals surface area (Å²) in [6, 6.07) is 40.6. The molecule has 6 N–H and O–H groups in total. The van der Waals surface area contributed by atoms with Gasteiger partial charge in [-0.25, -0.2) is 16.8 Å². The van der Waals surface area contributed by atoms with Gasteiger partial charge < -0.3 is 31.5 Å². The number of aliphatic hydroxyl groups excluding tert-OH is 2. The number of benzene rings is 6. The Labute approximate surface area is 510 Å². The molecule has 8 rings (SSSR count). The third-order valence-electron chi connectivity index (χ3n) is 18.0. The van der Waals surface area contributed by atoms with Crippen molar-refractivity contribution in [3.05, 3.63) is 168 Å². The molecule has 0 spiro atoms. The summed E-state index contributed by atoms with van der Waals surface area (Å²) in [5.74, 6) is -6.11. The van der Waals surface area contributed by atoms with Crippen LogP contribution in [0.15, 0.2) is 146 Å². The molecule has 462 valence electrons. The summed E-state index contributed by atoms with van der Waals surface area (Å²) in [5.41, 5.74) is 3.03. The largest absolute Gasteiger partial charge is 0.388 e.